The van der Waals surface area contributed by atoms with Gasteiger partial charge in [-0.25, -0.2) is 4.68 Å². The molecule has 0 saturated heterocycles. The predicted molar refractivity (Wildman–Crippen MR) is 74.4 cm³/mol. The van der Waals surface area contributed by atoms with E-state index >= 15 is 0 Å². The van der Waals surface area contributed by atoms with Gasteiger partial charge in [-0.15, -0.1) is 5.10 Å². The van der Waals surface area contributed by atoms with Gasteiger partial charge in [0.1, 0.15) is 11.8 Å². The summed E-state index contributed by atoms with van der Waals surface area (Å²) in [4.78, 5) is 0. The van der Waals surface area contributed by atoms with E-state index in [1.54, 1.807) is 0 Å². The lowest BCUT2D eigenvalue weighted by Gasteiger charge is -2.08. The Bertz CT molecular complexity index is 592. The van der Waals surface area contributed by atoms with Crippen LogP contribution in [-0.4, -0.2) is 15.0 Å². The van der Waals surface area contributed by atoms with Crippen molar-refractivity contribution in [2.45, 2.75) is 39.7 Å². The van der Waals surface area contributed by atoms with E-state index in [1.807, 2.05) is 35.9 Å². The molecule has 1 aromatic heterocycles. The maximum atomic E-state index is 9.19. The fourth-order valence-electron chi connectivity index (χ4n) is 2.16. The Balaban J connectivity index is 2.40. The molecule has 0 atom stereocenters. The van der Waals surface area contributed by atoms with Crippen molar-refractivity contribution in [1.82, 2.24) is 15.0 Å². The molecule has 1 heterocycles. The van der Waals surface area contributed by atoms with E-state index in [9.17, 15) is 5.26 Å². The minimum absolute atomic E-state index is 0.408. The fraction of sp³-hybridized carbons (Fsp3) is 0.400. The minimum atomic E-state index is 0.408. The van der Waals surface area contributed by atoms with Crippen LogP contribution in [-0.2, 0) is 6.54 Å². The molecule has 4 heteroatoms. The molecule has 2 aromatic rings. The number of nitriles is 1. The van der Waals surface area contributed by atoms with Crippen molar-refractivity contribution in [3.63, 3.8) is 0 Å². The number of nitrogens with zero attached hydrogens (tertiary/aromatic N) is 4. The molecule has 0 radical (unpaired) electrons. The quantitative estimate of drug-likeness (QED) is 0.769. The van der Waals surface area contributed by atoms with Gasteiger partial charge in [-0.2, -0.15) is 5.26 Å². The lowest BCUT2D eigenvalue weighted by atomic mass is 10.0. The first-order chi connectivity index (χ1) is 9.27. The molecule has 0 aliphatic heterocycles. The summed E-state index contributed by atoms with van der Waals surface area (Å²) in [5.41, 5.74) is 3.43. The summed E-state index contributed by atoms with van der Waals surface area (Å²) in [6.45, 7) is 5.02. The zero-order valence-corrected chi connectivity index (χ0v) is 11.4. The Morgan fingerprint density at radius 3 is 2.74 bits per heavy atom. The Morgan fingerprint density at radius 2 is 2.05 bits per heavy atom. The van der Waals surface area contributed by atoms with Gasteiger partial charge in [-0.1, -0.05) is 49.2 Å². The highest BCUT2D eigenvalue weighted by Gasteiger charge is 2.15. The Kier molecular flexibility index (Phi) is 4.30. The van der Waals surface area contributed by atoms with Crippen LogP contribution in [0.1, 0.15) is 37.4 Å². The SMILES string of the molecule is CCCCCn1nnc(C#N)c1-c1ccccc1C. The van der Waals surface area contributed by atoms with Crippen molar-refractivity contribution in [2.24, 2.45) is 0 Å². The number of unbranched alkanes of at least 4 members (excludes halogenated alkanes) is 2. The molecule has 0 aliphatic rings. The molecule has 19 heavy (non-hydrogen) atoms. The normalized spacial score (nSPS) is 10.4. The van der Waals surface area contributed by atoms with Crippen LogP contribution in [0.4, 0.5) is 0 Å². The number of hydrogen-bond acceptors (Lipinski definition) is 3. The molecule has 0 amide bonds. The summed E-state index contributed by atoms with van der Waals surface area (Å²) in [5.74, 6) is 0. The second kappa shape index (κ2) is 6.14. The first-order valence-electron chi connectivity index (χ1n) is 6.67. The zero-order valence-electron chi connectivity index (χ0n) is 11.4. The molecule has 0 bridgehead atoms. The van der Waals surface area contributed by atoms with Crippen LogP contribution in [0.25, 0.3) is 11.3 Å². The van der Waals surface area contributed by atoms with Gasteiger partial charge in [0.05, 0.1) is 0 Å². The molecule has 0 aliphatic carbocycles. The highest BCUT2D eigenvalue weighted by Crippen LogP contribution is 2.25. The van der Waals surface area contributed by atoms with Crippen LogP contribution < -0.4 is 0 Å². The van der Waals surface area contributed by atoms with Gasteiger partial charge in [0.2, 0.25) is 0 Å². The lowest BCUT2D eigenvalue weighted by Crippen LogP contribution is -2.03. The zero-order chi connectivity index (χ0) is 13.7. The first-order valence-corrected chi connectivity index (χ1v) is 6.67. The minimum Gasteiger partial charge on any atom is -0.243 e. The van der Waals surface area contributed by atoms with Crippen molar-refractivity contribution in [3.05, 3.63) is 35.5 Å². The number of rotatable bonds is 5. The third kappa shape index (κ3) is 2.82. The lowest BCUT2D eigenvalue weighted by molar-refractivity contribution is 0.541. The highest BCUT2D eigenvalue weighted by atomic mass is 15.4. The summed E-state index contributed by atoms with van der Waals surface area (Å²) >= 11 is 0. The maximum absolute atomic E-state index is 9.19. The molecule has 2 rings (SSSR count). The van der Waals surface area contributed by atoms with Crippen LogP contribution in [0.5, 0.6) is 0 Å². The van der Waals surface area contributed by atoms with E-state index in [2.05, 4.69) is 23.3 Å². The summed E-state index contributed by atoms with van der Waals surface area (Å²) in [7, 11) is 0. The van der Waals surface area contributed by atoms with Gasteiger partial charge < -0.3 is 0 Å². The molecule has 0 spiro atoms. The summed E-state index contributed by atoms with van der Waals surface area (Å²) in [6.07, 6.45) is 3.39. The molecule has 0 unspecified atom stereocenters. The van der Waals surface area contributed by atoms with E-state index in [1.165, 1.54) is 6.42 Å². The largest absolute Gasteiger partial charge is 0.243 e. The van der Waals surface area contributed by atoms with Gasteiger partial charge in [0.15, 0.2) is 5.69 Å². The van der Waals surface area contributed by atoms with E-state index in [0.717, 1.165) is 36.2 Å². The van der Waals surface area contributed by atoms with Crippen LogP contribution in [0.15, 0.2) is 24.3 Å². The van der Waals surface area contributed by atoms with Gasteiger partial charge in [0, 0.05) is 12.1 Å². The molecular formula is C15H18N4. The van der Waals surface area contributed by atoms with Crippen LogP contribution in [0.2, 0.25) is 0 Å². The Hall–Kier alpha value is -2.15. The standard InChI is InChI=1S/C15H18N4/c1-3-4-7-10-19-15(14(11-16)17-18-19)13-9-6-5-8-12(13)2/h5-6,8-9H,3-4,7,10H2,1-2H3. The van der Waals surface area contributed by atoms with E-state index < -0.39 is 0 Å². The van der Waals surface area contributed by atoms with Crippen molar-refractivity contribution in [3.8, 4) is 17.3 Å². The number of benzene rings is 1. The molecular weight excluding hydrogens is 236 g/mol. The van der Waals surface area contributed by atoms with Gasteiger partial charge in [-0.05, 0) is 18.9 Å². The maximum Gasteiger partial charge on any atom is 0.190 e. The average molecular weight is 254 g/mol. The average Bonchev–Trinajstić information content (AvgIpc) is 2.82. The number of aromatic nitrogens is 3. The Labute approximate surface area is 113 Å². The predicted octanol–water partition coefficient (Wildman–Crippen LogP) is 3.32. The highest BCUT2D eigenvalue weighted by molar-refractivity contribution is 5.68. The van der Waals surface area contributed by atoms with Gasteiger partial charge in [0.25, 0.3) is 0 Å². The van der Waals surface area contributed by atoms with Crippen molar-refractivity contribution in [1.29, 1.82) is 5.26 Å². The van der Waals surface area contributed by atoms with E-state index in [-0.39, 0.29) is 0 Å². The molecule has 0 fully saturated rings. The third-order valence-electron chi connectivity index (χ3n) is 3.21. The van der Waals surface area contributed by atoms with Crippen LogP contribution in [0.3, 0.4) is 0 Å². The summed E-state index contributed by atoms with van der Waals surface area (Å²) in [5, 5.41) is 17.3. The smallest absolute Gasteiger partial charge is 0.190 e. The first kappa shape index (κ1) is 13.3. The second-order valence-corrected chi connectivity index (χ2v) is 4.64. The van der Waals surface area contributed by atoms with E-state index in [0.29, 0.717) is 5.69 Å². The summed E-state index contributed by atoms with van der Waals surface area (Å²) in [6, 6.07) is 10.2. The van der Waals surface area contributed by atoms with Crippen LogP contribution >= 0.6 is 0 Å². The molecule has 0 saturated carbocycles. The number of aryl methyl sites for hydroxylation is 2. The monoisotopic (exact) mass is 254 g/mol. The van der Waals surface area contributed by atoms with Crippen molar-refractivity contribution in [2.75, 3.05) is 0 Å². The van der Waals surface area contributed by atoms with Crippen molar-refractivity contribution >= 4 is 0 Å². The molecule has 98 valence electrons. The second-order valence-electron chi connectivity index (χ2n) is 4.64. The Morgan fingerprint density at radius 1 is 1.26 bits per heavy atom. The number of hydrogen-bond donors (Lipinski definition) is 0. The molecule has 4 nitrogen and oxygen atoms in total. The van der Waals surface area contributed by atoms with Gasteiger partial charge >= 0.3 is 0 Å². The fourth-order valence-corrected chi connectivity index (χ4v) is 2.16. The van der Waals surface area contributed by atoms with Crippen LogP contribution in [0, 0.1) is 18.3 Å². The molecule has 0 N–H and O–H groups in total. The van der Waals surface area contributed by atoms with Gasteiger partial charge in [-0.3, -0.25) is 0 Å². The summed E-state index contributed by atoms with van der Waals surface area (Å²) < 4.78 is 1.86. The topological polar surface area (TPSA) is 54.5 Å². The molecule has 1 aromatic carbocycles. The van der Waals surface area contributed by atoms with E-state index in [4.69, 9.17) is 0 Å². The van der Waals surface area contributed by atoms with Crippen molar-refractivity contribution < 1.29 is 0 Å². The third-order valence-corrected chi connectivity index (χ3v) is 3.21.